The first-order chi connectivity index (χ1) is 6.58. The molecule has 0 bridgehead atoms. The Morgan fingerprint density at radius 1 is 1.57 bits per heavy atom. The first kappa shape index (κ1) is 12.3. The Morgan fingerprint density at radius 3 is 2.86 bits per heavy atom. The summed E-state index contributed by atoms with van der Waals surface area (Å²) in [6.07, 6.45) is 0.554. The predicted octanol–water partition coefficient (Wildman–Crippen LogP) is 0.102. The van der Waals surface area contributed by atoms with Crippen molar-refractivity contribution < 1.29 is 8.42 Å². The van der Waals surface area contributed by atoms with Crippen LogP contribution >= 0.6 is 11.8 Å². The van der Waals surface area contributed by atoms with Crippen LogP contribution in [0.4, 0.5) is 0 Å². The van der Waals surface area contributed by atoms with E-state index in [1.807, 2.05) is 18.7 Å². The highest BCUT2D eigenvalue weighted by Gasteiger charge is 2.28. The standard InChI is InChI=1S/C8H18N2O2S2/c1-8-7-13-5-4-10(8)14(11,12)6-2-3-9/h8H,2-7,9H2,1H3. The molecule has 0 aromatic carbocycles. The molecule has 0 saturated carbocycles. The molecule has 0 aliphatic carbocycles. The summed E-state index contributed by atoms with van der Waals surface area (Å²) in [4.78, 5) is 0. The summed E-state index contributed by atoms with van der Waals surface area (Å²) >= 11 is 1.82. The van der Waals surface area contributed by atoms with Gasteiger partial charge >= 0.3 is 0 Å². The van der Waals surface area contributed by atoms with Gasteiger partial charge in [-0.15, -0.1) is 0 Å². The van der Waals surface area contributed by atoms with Gasteiger partial charge in [-0.05, 0) is 19.9 Å². The van der Waals surface area contributed by atoms with Crippen molar-refractivity contribution in [2.75, 3.05) is 30.3 Å². The van der Waals surface area contributed by atoms with Crippen LogP contribution in [0.25, 0.3) is 0 Å². The Labute approximate surface area is 90.3 Å². The summed E-state index contributed by atoms with van der Waals surface area (Å²) < 4.78 is 25.3. The van der Waals surface area contributed by atoms with Crippen molar-refractivity contribution in [3.8, 4) is 0 Å². The summed E-state index contributed by atoms with van der Waals surface area (Å²) in [5, 5.41) is 0. The zero-order valence-corrected chi connectivity index (χ0v) is 10.1. The van der Waals surface area contributed by atoms with E-state index < -0.39 is 10.0 Å². The van der Waals surface area contributed by atoms with Crippen molar-refractivity contribution in [1.82, 2.24) is 4.31 Å². The molecule has 0 radical (unpaired) electrons. The third-order valence-electron chi connectivity index (χ3n) is 2.27. The molecule has 1 aliphatic heterocycles. The summed E-state index contributed by atoms with van der Waals surface area (Å²) in [7, 11) is -3.05. The molecule has 1 heterocycles. The number of sulfonamides is 1. The van der Waals surface area contributed by atoms with Gasteiger partial charge < -0.3 is 5.73 Å². The molecule has 2 N–H and O–H groups in total. The number of thioether (sulfide) groups is 1. The molecule has 84 valence electrons. The van der Waals surface area contributed by atoms with Gasteiger partial charge in [0.25, 0.3) is 0 Å². The third kappa shape index (κ3) is 3.12. The minimum absolute atomic E-state index is 0.136. The second-order valence-corrected chi connectivity index (χ2v) is 6.68. The highest BCUT2D eigenvalue weighted by atomic mass is 32.2. The number of nitrogens with two attached hydrogens (primary N) is 1. The van der Waals surface area contributed by atoms with Crippen LogP contribution < -0.4 is 5.73 Å². The highest BCUT2D eigenvalue weighted by molar-refractivity contribution is 7.99. The second kappa shape index (κ2) is 5.34. The van der Waals surface area contributed by atoms with E-state index in [1.54, 1.807) is 4.31 Å². The first-order valence-electron chi connectivity index (χ1n) is 4.85. The van der Waals surface area contributed by atoms with E-state index in [2.05, 4.69) is 0 Å². The van der Waals surface area contributed by atoms with Crippen LogP contribution in [0.1, 0.15) is 13.3 Å². The molecule has 1 saturated heterocycles. The summed E-state index contributed by atoms with van der Waals surface area (Å²) in [5.74, 6) is 2.01. The highest BCUT2D eigenvalue weighted by Crippen LogP contribution is 2.19. The van der Waals surface area contributed by atoms with Crippen LogP contribution in [0.3, 0.4) is 0 Å². The van der Waals surface area contributed by atoms with Gasteiger partial charge in [-0.2, -0.15) is 16.1 Å². The Kier molecular flexibility index (Phi) is 4.69. The summed E-state index contributed by atoms with van der Waals surface area (Å²) in [5.41, 5.74) is 5.31. The third-order valence-corrected chi connectivity index (χ3v) is 5.52. The molecule has 1 fully saturated rings. The monoisotopic (exact) mass is 238 g/mol. The fraction of sp³-hybridized carbons (Fsp3) is 1.00. The van der Waals surface area contributed by atoms with Gasteiger partial charge in [-0.25, -0.2) is 8.42 Å². The van der Waals surface area contributed by atoms with E-state index in [0.29, 0.717) is 19.5 Å². The zero-order valence-electron chi connectivity index (χ0n) is 8.48. The van der Waals surface area contributed by atoms with E-state index in [1.165, 1.54) is 0 Å². The topological polar surface area (TPSA) is 63.4 Å². The maximum Gasteiger partial charge on any atom is 0.214 e. The lowest BCUT2D eigenvalue weighted by atomic mass is 10.4. The second-order valence-electron chi connectivity index (χ2n) is 3.49. The Balaban J connectivity index is 2.60. The molecule has 1 rings (SSSR count). The van der Waals surface area contributed by atoms with Gasteiger partial charge in [-0.3, -0.25) is 0 Å². The lowest BCUT2D eigenvalue weighted by molar-refractivity contribution is 0.367. The molecular formula is C8H18N2O2S2. The molecule has 1 aliphatic rings. The van der Waals surface area contributed by atoms with E-state index in [0.717, 1.165) is 11.5 Å². The smallest absolute Gasteiger partial charge is 0.214 e. The van der Waals surface area contributed by atoms with Crippen molar-refractivity contribution in [2.45, 2.75) is 19.4 Å². The van der Waals surface area contributed by atoms with Crippen LogP contribution in [0.5, 0.6) is 0 Å². The molecule has 14 heavy (non-hydrogen) atoms. The summed E-state index contributed by atoms with van der Waals surface area (Å²) in [6, 6.07) is 0.136. The Morgan fingerprint density at radius 2 is 2.29 bits per heavy atom. The van der Waals surface area contributed by atoms with Gasteiger partial charge in [-0.1, -0.05) is 0 Å². The average molecular weight is 238 g/mol. The number of rotatable bonds is 4. The molecule has 1 unspecified atom stereocenters. The lowest BCUT2D eigenvalue weighted by Gasteiger charge is -2.31. The molecule has 0 amide bonds. The van der Waals surface area contributed by atoms with Crippen molar-refractivity contribution >= 4 is 21.8 Å². The van der Waals surface area contributed by atoms with E-state index in [4.69, 9.17) is 5.73 Å². The van der Waals surface area contributed by atoms with Crippen LogP contribution in [-0.4, -0.2) is 49.1 Å². The van der Waals surface area contributed by atoms with E-state index in [-0.39, 0.29) is 11.8 Å². The van der Waals surface area contributed by atoms with Gasteiger partial charge in [0.15, 0.2) is 0 Å². The maximum absolute atomic E-state index is 11.8. The van der Waals surface area contributed by atoms with E-state index >= 15 is 0 Å². The normalized spacial score (nSPS) is 25.1. The molecule has 1 atom stereocenters. The van der Waals surface area contributed by atoms with Crippen molar-refractivity contribution in [3.63, 3.8) is 0 Å². The molecular weight excluding hydrogens is 220 g/mol. The largest absolute Gasteiger partial charge is 0.330 e. The SMILES string of the molecule is CC1CSCCN1S(=O)(=O)CCCN. The van der Waals surface area contributed by atoms with E-state index in [9.17, 15) is 8.42 Å². The fourth-order valence-corrected chi connectivity index (χ4v) is 4.49. The van der Waals surface area contributed by atoms with Crippen LogP contribution in [0.2, 0.25) is 0 Å². The summed E-state index contributed by atoms with van der Waals surface area (Å²) in [6.45, 7) is 3.06. The predicted molar refractivity (Wildman–Crippen MR) is 61.0 cm³/mol. The minimum Gasteiger partial charge on any atom is -0.330 e. The van der Waals surface area contributed by atoms with Gasteiger partial charge in [0.2, 0.25) is 10.0 Å². The van der Waals surface area contributed by atoms with Crippen LogP contribution in [0.15, 0.2) is 0 Å². The zero-order chi connectivity index (χ0) is 10.6. The Bertz CT molecular complexity index is 267. The van der Waals surface area contributed by atoms with Crippen molar-refractivity contribution in [3.05, 3.63) is 0 Å². The van der Waals surface area contributed by atoms with Gasteiger partial charge in [0.1, 0.15) is 0 Å². The lowest BCUT2D eigenvalue weighted by Crippen LogP contribution is -2.45. The quantitative estimate of drug-likeness (QED) is 0.754. The number of nitrogens with zero attached hydrogens (tertiary/aromatic N) is 1. The molecule has 0 aromatic rings. The fourth-order valence-electron chi connectivity index (χ4n) is 1.51. The van der Waals surface area contributed by atoms with Crippen LogP contribution in [0, 0.1) is 0 Å². The van der Waals surface area contributed by atoms with Gasteiger partial charge in [0, 0.05) is 24.1 Å². The number of hydrogen-bond acceptors (Lipinski definition) is 4. The van der Waals surface area contributed by atoms with Crippen molar-refractivity contribution in [2.24, 2.45) is 5.73 Å². The minimum atomic E-state index is -3.05. The average Bonchev–Trinajstić information content (AvgIpc) is 2.15. The van der Waals surface area contributed by atoms with Gasteiger partial charge in [0.05, 0.1) is 5.75 Å². The molecule has 6 heteroatoms. The molecule has 0 spiro atoms. The maximum atomic E-state index is 11.8. The molecule has 4 nitrogen and oxygen atoms in total. The number of hydrogen-bond donors (Lipinski definition) is 1. The first-order valence-corrected chi connectivity index (χ1v) is 7.61. The molecule has 0 aromatic heterocycles. The Hall–Kier alpha value is 0.220. The van der Waals surface area contributed by atoms with Crippen molar-refractivity contribution in [1.29, 1.82) is 0 Å². The van der Waals surface area contributed by atoms with Crippen LogP contribution in [-0.2, 0) is 10.0 Å².